The average molecular weight is 309 g/mol. The molecule has 0 saturated carbocycles. The molecule has 1 amide bonds. The van der Waals surface area contributed by atoms with E-state index in [9.17, 15) is 14.4 Å². The summed E-state index contributed by atoms with van der Waals surface area (Å²) in [6.07, 6.45) is 0.677. The van der Waals surface area contributed by atoms with Gasteiger partial charge in [-0.3, -0.25) is 9.59 Å². The molecule has 0 spiro atoms. The van der Waals surface area contributed by atoms with Gasteiger partial charge in [0, 0.05) is 12.1 Å². The topological polar surface area (TPSA) is 102 Å². The summed E-state index contributed by atoms with van der Waals surface area (Å²) in [5.41, 5.74) is -0.759. The maximum Gasteiger partial charge on any atom is 0.347 e. The first-order valence-corrected chi connectivity index (χ1v) is 6.73. The minimum Gasteiger partial charge on any atom is -0.478 e. The number of hydrogen-bond donors (Lipinski definition) is 2. The Morgan fingerprint density at radius 3 is 2.45 bits per heavy atom. The van der Waals surface area contributed by atoms with Crippen molar-refractivity contribution in [3.8, 4) is 5.75 Å². The predicted octanol–water partition coefficient (Wildman–Crippen LogP) is 1.82. The highest BCUT2D eigenvalue weighted by Crippen LogP contribution is 2.21. The lowest BCUT2D eigenvalue weighted by atomic mass is 10.1. The van der Waals surface area contributed by atoms with Crippen LogP contribution in [0.3, 0.4) is 0 Å². The highest BCUT2D eigenvalue weighted by Gasteiger charge is 2.29. The van der Waals surface area contributed by atoms with Gasteiger partial charge in [-0.1, -0.05) is 0 Å². The molecule has 0 heterocycles. The van der Waals surface area contributed by atoms with Crippen LogP contribution in [-0.4, -0.2) is 35.7 Å². The molecule has 0 radical (unpaired) electrons. The number of aliphatic carboxylic acids is 1. The van der Waals surface area contributed by atoms with Gasteiger partial charge in [0.2, 0.25) is 5.91 Å². The Hall–Kier alpha value is -2.57. The van der Waals surface area contributed by atoms with Gasteiger partial charge in [0.25, 0.3) is 6.47 Å². The van der Waals surface area contributed by atoms with Crippen LogP contribution in [0.15, 0.2) is 24.3 Å². The highest BCUT2D eigenvalue weighted by atomic mass is 16.5. The molecule has 1 aromatic carbocycles. The Balaban J connectivity index is 2.49. The van der Waals surface area contributed by atoms with Gasteiger partial charge >= 0.3 is 5.97 Å². The summed E-state index contributed by atoms with van der Waals surface area (Å²) in [7, 11) is 0. The van der Waals surface area contributed by atoms with Crippen molar-refractivity contribution in [1.82, 2.24) is 0 Å². The van der Waals surface area contributed by atoms with E-state index in [0.717, 1.165) is 0 Å². The Bertz CT molecular complexity index is 523. The maximum atomic E-state index is 11.6. The number of carboxylic acid groups (broad SMARTS) is 1. The largest absolute Gasteiger partial charge is 0.478 e. The fourth-order valence-corrected chi connectivity index (χ4v) is 1.53. The molecule has 1 aromatic rings. The lowest BCUT2D eigenvalue weighted by Crippen LogP contribution is -2.37. The molecular formula is C15H19NO6. The molecular weight excluding hydrogens is 290 g/mol. The molecule has 7 heteroatoms. The standard InChI is InChI=1S/C15H19NO6/c1-15(2,14(19)20)22-12-7-5-11(6-8-12)16-13(18)4-3-9-21-10-17/h5-8,10H,3-4,9H2,1-2H3,(H,16,18)(H,19,20). The summed E-state index contributed by atoms with van der Waals surface area (Å²) in [6, 6.07) is 6.39. The number of rotatable bonds is 9. The zero-order valence-corrected chi connectivity index (χ0v) is 12.5. The van der Waals surface area contributed by atoms with Crippen molar-refractivity contribution in [2.75, 3.05) is 11.9 Å². The molecule has 2 N–H and O–H groups in total. The van der Waals surface area contributed by atoms with Gasteiger partial charge in [-0.2, -0.15) is 0 Å². The number of nitrogens with one attached hydrogen (secondary N) is 1. The van der Waals surface area contributed by atoms with Crippen molar-refractivity contribution >= 4 is 24.0 Å². The summed E-state index contributed by atoms with van der Waals surface area (Å²) in [5, 5.41) is 11.7. The molecule has 120 valence electrons. The van der Waals surface area contributed by atoms with E-state index in [1.54, 1.807) is 24.3 Å². The van der Waals surface area contributed by atoms with Crippen LogP contribution in [0.2, 0.25) is 0 Å². The van der Waals surface area contributed by atoms with E-state index in [1.165, 1.54) is 13.8 Å². The smallest absolute Gasteiger partial charge is 0.347 e. The SMILES string of the molecule is CC(C)(Oc1ccc(NC(=O)CCCOC=O)cc1)C(=O)O. The monoisotopic (exact) mass is 309 g/mol. The Labute approximate surface area is 128 Å². The number of hydrogen-bond acceptors (Lipinski definition) is 5. The molecule has 7 nitrogen and oxygen atoms in total. The maximum absolute atomic E-state index is 11.6. The fraction of sp³-hybridized carbons (Fsp3) is 0.400. The Kier molecular flexibility index (Phi) is 6.37. The molecule has 0 aliphatic heterocycles. The summed E-state index contributed by atoms with van der Waals surface area (Å²) in [5.74, 6) is -0.874. The molecule has 0 saturated heterocycles. The predicted molar refractivity (Wildman–Crippen MR) is 78.7 cm³/mol. The zero-order valence-electron chi connectivity index (χ0n) is 12.5. The minimum atomic E-state index is -1.33. The number of amides is 1. The first-order valence-electron chi connectivity index (χ1n) is 6.73. The quantitative estimate of drug-likeness (QED) is 0.533. The second kappa shape index (κ2) is 8.02. The minimum absolute atomic E-state index is 0.200. The average Bonchev–Trinajstić information content (AvgIpc) is 2.45. The second-order valence-corrected chi connectivity index (χ2v) is 5.06. The van der Waals surface area contributed by atoms with Crippen molar-refractivity contribution in [1.29, 1.82) is 0 Å². The molecule has 0 aromatic heterocycles. The van der Waals surface area contributed by atoms with E-state index in [4.69, 9.17) is 9.84 Å². The van der Waals surface area contributed by atoms with E-state index in [-0.39, 0.29) is 18.9 Å². The van der Waals surface area contributed by atoms with Crippen LogP contribution in [-0.2, 0) is 19.1 Å². The van der Waals surface area contributed by atoms with Crippen LogP contribution >= 0.6 is 0 Å². The molecule has 0 fully saturated rings. The van der Waals surface area contributed by atoms with Gasteiger partial charge in [-0.05, 0) is 44.5 Å². The fourth-order valence-electron chi connectivity index (χ4n) is 1.53. The van der Waals surface area contributed by atoms with Crippen molar-refractivity contribution in [3.63, 3.8) is 0 Å². The van der Waals surface area contributed by atoms with Crippen LogP contribution < -0.4 is 10.1 Å². The number of benzene rings is 1. The normalized spacial score (nSPS) is 10.6. The number of carbonyl (C=O) groups is 3. The number of carbonyl (C=O) groups excluding carboxylic acids is 2. The van der Waals surface area contributed by atoms with Crippen molar-refractivity contribution in [3.05, 3.63) is 24.3 Å². The first kappa shape index (κ1) is 17.5. The summed E-state index contributed by atoms with van der Waals surface area (Å²) < 4.78 is 9.84. The molecule has 1 rings (SSSR count). The van der Waals surface area contributed by atoms with Gasteiger partial charge in [0.15, 0.2) is 5.60 Å². The van der Waals surface area contributed by atoms with Crippen LogP contribution in [0.4, 0.5) is 5.69 Å². The molecule has 0 aliphatic carbocycles. The van der Waals surface area contributed by atoms with E-state index in [0.29, 0.717) is 24.3 Å². The van der Waals surface area contributed by atoms with Gasteiger partial charge in [0.05, 0.1) is 6.61 Å². The van der Waals surface area contributed by atoms with Crippen LogP contribution in [0.5, 0.6) is 5.75 Å². The number of carboxylic acids is 1. The van der Waals surface area contributed by atoms with Crippen molar-refractivity contribution in [2.45, 2.75) is 32.3 Å². The van der Waals surface area contributed by atoms with Gasteiger partial charge in [0.1, 0.15) is 5.75 Å². The molecule has 0 bridgehead atoms. The lowest BCUT2D eigenvalue weighted by Gasteiger charge is -2.21. The summed E-state index contributed by atoms with van der Waals surface area (Å²) in [6.45, 7) is 3.45. The van der Waals surface area contributed by atoms with E-state index >= 15 is 0 Å². The lowest BCUT2D eigenvalue weighted by molar-refractivity contribution is -0.152. The van der Waals surface area contributed by atoms with Crippen molar-refractivity contribution in [2.24, 2.45) is 0 Å². The molecule has 0 aliphatic rings. The third kappa shape index (κ3) is 5.82. The van der Waals surface area contributed by atoms with Gasteiger partial charge < -0.3 is 19.9 Å². The van der Waals surface area contributed by atoms with Crippen molar-refractivity contribution < 1.29 is 29.0 Å². The second-order valence-electron chi connectivity index (χ2n) is 5.06. The van der Waals surface area contributed by atoms with E-state index in [1.807, 2.05) is 0 Å². The van der Waals surface area contributed by atoms with Gasteiger partial charge in [-0.25, -0.2) is 4.79 Å². The Morgan fingerprint density at radius 2 is 1.91 bits per heavy atom. The number of anilines is 1. The van der Waals surface area contributed by atoms with Crippen LogP contribution in [0.1, 0.15) is 26.7 Å². The van der Waals surface area contributed by atoms with E-state index in [2.05, 4.69) is 10.1 Å². The number of ether oxygens (including phenoxy) is 2. The molecule has 0 unspecified atom stereocenters. The zero-order chi connectivity index (χ0) is 16.6. The van der Waals surface area contributed by atoms with E-state index < -0.39 is 11.6 Å². The highest BCUT2D eigenvalue weighted by molar-refractivity contribution is 5.90. The van der Waals surface area contributed by atoms with Crippen LogP contribution in [0.25, 0.3) is 0 Å². The molecule has 22 heavy (non-hydrogen) atoms. The summed E-state index contributed by atoms with van der Waals surface area (Å²) in [4.78, 5) is 32.5. The Morgan fingerprint density at radius 1 is 1.27 bits per heavy atom. The summed E-state index contributed by atoms with van der Waals surface area (Å²) >= 11 is 0. The molecule has 0 atom stereocenters. The van der Waals surface area contributed by atoms with Crippen LogP contribution in [0, 0.1) is 0 Å². The third-order valence-corrected chi connectivity index (χ3v) is 2.76. The van der Waals surface area contributed by atoms with Gasteiger partial charge in [-0.15, -0.1) is 0 Å². The third-order valence-electron chi connectivity index (χ3n) is 2.76. The first-order chi connectivity index (χ1) is 10.3.